The Hall–Kier alpha value is -2.79. The van der Waals surface area contributed by atoms with E-state index in [1.807, 2.05) is 24.3 Å². The summed E-state index contributed by atoms with van der Waals surface area (Å²) in [7, 11) is 4.63. The molecular weight excluding hydrogens is 342 g/mol. The topological polar surface area (TPSA) is 57.7 Å². The van der Waals surface area contributed by atoms with E-state index >= 15 is 0 Å². The molecule has 0 amide bonds. The van der Waals surface area contributed by atoms with Gasteiger partial charge in [-0.2, -0.15) is 0 Å². The monoisotopic (exact) mass is 357 g/mol. The van der Waals surface area contributed by atoms with Crippen molar-refractivity contribution >= 4 is 27.7 Å². The van der Waals surface area contributed by atoms with Gasteiger partial charge in [-0.15, -0.1) is 0 Å². The maximum Gasteiger partial charge on any atom is 0.253 e. The molecule has 25 heavy (non-hydrogen) atoms. The van der Waals surface area contributed by atoms with Crippen molar-refractivity contribution in [1.82, 2.24) is 4.98 Å². The molecule has 0 aliphatic heterocycles. The van der Waals surface area contributed by atoms with E-state index in [0.29, 0.717) is 39.4 Å². The molecule has 3 aromatic rings. The Balaban J connectivity index is 2.28. The molecule has 6 heteroatoms. The Morgan fingerprint density at radius 2 is 1.60 bits per heavy atom. The third-order valence-electron chi connectivity index (χ3n) is 3.89. The van der Waals surface area contributed by atoms with Crippen LogP contribution < -0.4 is 14.2 Å². The van der Waals surface area contributed by atoms with Gasteiger partial charge in [0.2, 0.25) is 5.75 Å². The molecule has 0 atom stereocenters. The van der Waals surface area contributed by atoms with Crippen molar-refractivity contribution in [1.29, 1.82) is 0 Å². The Morgan fingerprint density at radius 1 is 0.960 bits per heavy atom. The second-order valence-corrected chi connectivity index (χ2v) is 5.60. The Morgan fingerprint density at radius 3 is 2.16 bits per heavy atom. The lowest BCUT2D eigenvalue weighted by Gasteiger charge is -2.14. The van der Waals surface area contributed by atoms with Crippen LogP contribution in [0.2, 0.25) is 0 Å². The molecule has 0 aliphatic rings. The second-order valence-electron chi connectivity index (χ2n) is 5.26. The van der Waals surface area contributed by atoms with Crippen LogP contribution in [0.25, 0.3) is 22.2 Å². The molecule has 0 saturated heterocycles. The number of carbonyl (C=O) groups is 1. The molecule has 0 aliphatic carbocycles. The number of pyridine rings is 1. The molecule has 0 N–H and O–H groups in total. The average molecular weight is 358 g/mol. The summed E-state index contributed by atoms with van der Waals surface area (Å²) in [6, 6.07) is 12.6. The number of nitrogens with zero attached hydrogens (tertiary/aromatic N) is 1. The molecule has 5 nitrogen and oxygen atoms in total. The predicted octanol–water partition coefficient (Wildman–Crippen LogP) is 4.31. The quantitative estimate of drug-likeness (QED) is 0.637. The number of methoxy groups -OCH3 is 3. The SMILES string of the molecule is COc1cc(-c2cc(C(=O)Cl)c3ccccc3n2)cc(OC)c1OC. The van der Waals surface area contributed by atoms with Crippen molar-refractivity contribution < 1.29 is 19.0 Å². The molecule has 0 bridgehead atoms. The predicted molar refractivity (Wildman–Crippen MR) is 97.0 cm³/mol. The second kappa shape index (κ2) is 6.99. The summed E-state index contributed by atoms with van der Waals surface area (Å²) in [6.45, 7) is 0. The average Bonchev–Trinajstić information content (AvgIpc) is 2.65. The first-order chi connectivity index (χ1) is 12.1. The third-order valence-corrected chi connectivity index (χ3v) is 4.09. The molecule has 1 heterocycles. The number of hydrogen-bond acceptors (Lipinski definition) is 5. The minimum absolute atomic E-state index is 0.399. The van der Waals surface area contributed by atoms with Gasteiger partial charge in [-0.1, -0.05) is 18.2 Å². The number of hydrogen-bond donors (Lipinski definition) is 0. The first kappa shape index (κ1) is 17.0. The summed E-state index contributed by atoms with van der Waals surface area (Å²) >= 11 is 5.77. The number of halogens is 1. The molecule has 0 spiro atoms. The Labute approximate surface area is 150 Å². The fraction of sp³-hybridized carbons (Fsp3) is 0.158. The fourth-order valence-electron chi connectivity index (χ4n) is 2.71. The Kier molecular flexibility index (Phi) is 4.76. The molecular formula is C19H16ClNO4. The van der Waals surface area contributed by atoms with Crippen LogP contribution >= 0.6 is 11.6 Å². The number of carbonyl (C=O) groups excluding carboxylic acids is 1. The summed E-state index contributed by atoms with van der Waals surface area (Å²) < 4.78 is 16.1. The first-order valence-electron chi connectivity index (χ1n) is 7.49. The van der Waals surface area contributed by atoms with E-state index in [4.69, 9.17) is 25.8 Å². The van der Waals surface area contributed by atoms with E-state index in [9.17, 15) is 4.79 Å². The highest BCUT2D eigenvalue weighted by atomic mass is 35.5. The maximum absolute atomic E-state index is 11.9. The van der Waals surface area contributed by atoms with Gasteiger partial charge < -0.3 is 14.2 Å². The summed E-state index contributed by atoms with van der Waals surface area (Å²) in [5, 5.41) is 0.172. The van der Waals surface area contributed by atoms with Crippen LogP contribution in [0.1, 0.15) is 10.4 Å². The third kappa shape index (κ3) is 3.10. The van der Waals surface area contributed by atoms with Crippen molar-refractivity contribution in [2.75, 3.05) is 21.3 Å². The van der Waals surface area contributed by atoms with Gasteiger partial charge in [0.05, 0.1) is 32.5 Å². The molecule has 0 radical (unpaired) electrons. The van der Waals surface area contributed by atoms with Crippen LogP contribution in [0.3, 0.4) is 0 Å². The zero-order valence-electron chi connectivity index (χ0n) is 14.0. The van der Waals surface area contributed by atoms with Crippen LogP contribution in [0.15, 0.2) is 42.5 Å². The van der Waals surface area contributed by atoms with Crippen LogP contribution in [0.5, 0.6) is 17.2 Å². The van der Waals surface area contributed by atoms with E-state index in [0.717, 1.165) is 5.56 Å². The minimum Gasteiger partial charge on any atom is -0.493 e. The van der Waals surface area contributed by atoms with Gasteiger partial charge in [-0.05, 0) is 35.9 Å². The highest BCUT2D eigenvalue weighted by molar-refractivity contribution is 6.68. The summed E-state index contributed by atoms with van der Waals surface area (Å²) in [4.78, 5) is 16.5. The number of ether oxygens (including phenoxy) is 3. The van der Waals surface area contributed by atoms with Gasteiger partial charge in [-0.3, -0.25) is 4.79 Å². The smallest absolute Gasteiger partial charge is 0.253 e. The summed E-state index contributed by atoms with van der Waals surface area (Å²) in [5.41, 5.74) is 2.38. The zero-order chi connectivity index (χ0) is 18.0. The fourth-order valence-corrected chi connectivity index (χ4v) is 2.87. The van der Waals surface area contributed by atoms with E-state index < -0.39 is 5.24 Å². The van der Waals surface area contributed by atoms with E-state index in [1.54, 1.807) is 39.5 Å². The lowest BCUT2D eigenvalue weighted by molar-refractivity contribution is 0.108. The van der Waals surface area contributed by atoms with Crippen molar-refractivity contribution in [2.45, 2.75) is 0 Å². The molecule has 0 saturated carbocycles. The highest BCUT2D eigenvalue weighted by Gasteiger charge is 2.17. The molecule has 0 unspecified atom stereocenters. The van der Waals surface area contributed by atoms with Crippen molar-refractivity contribution in [3.8, 4) is 28.5 Å². The van der Waals surface area contributed by atoms with Gasteiger partial charge in [0, 0.05) is 16.5 Å². The molecule has 3 rings (SSSR count). The Bertz CT molecular complexity index is 930. The number of aromatic nitrogens is 1. The summed E-state index contributed by atoms with van der Waals surface area (Å²) in [5.74, 6) is 1.50. The lowest BCUT2D eigenvalue weighted by atomic mass is 10.0. The van der Waals surface area contributed by atoms with Gasteiger partial charge >= 0.3 is 0 Å². The molecule has 2 aromatic carbocycles. The van der Waals surface area contributed by atoms with Gasteiger partial charge in [-0.25, -0.2) is 4.98 Å². The maximum atomic E-state index is 11.9. The van der Waals surface area contributed by atoms with Crippen LogP contribution in [-0.2, 0) is 0 Å². The van der Waals surface area contributed by atoms with Crippen molar-refractivity contribution in [3.63, 3.8) is 0 Å². The molecule has 128 valence electrons. The highest BCUT2D eigenvalue weighted by Crippen LogP contribution is 2.41. The van der Waals surface area contributed by atoms with Crippen molar-refractivity contribution in [3.05, 3.63) is 48.0 Å². The van der Waals surface area contributed by atoms with Gasteiger partial charge in [0.1, 0.15) is 0 Å². The lowest BCUT2D eigenvalue weighted by Crippen LogP contribution is -1.98. The number of para-hydroxylation sites is 1. The molecule has 0 fully saturated rings. The summed E-state index contributed by atoms with van der Waals surface area (Å²) in [6.07, 6.45) is 0. The minimum atomic E-state index is -0.535. The first-order valence-corrected chi connectivity index (χ1v) is 7.86. The standard InChI is InChI=1S/C19H16ClNO4/c1-23-16-8-11(9-17(24-2)18(16)25-3)15-10-13(19(20)22)12-6-4-5-7-14(12)21-15/h4-10H,1-3H3. The largest absolute Gasteiger partial charge is 0.493 e. The number of fused-ring (bicyclic) bond motifs is 1. The molecule has 1 aromatic heterocycles. The normalized spacial score (nSPS) is 10.6. The van der Waals surface area contributed by atoms with E-state index in [1.165, 1.54) is 0 Å². The van der Waals surface area contributed by atoms with Crippen LogP contribution in [0.4, 0.5) is 0 Å². The van der Waals surface area contributed by atoms with Gasteiger partial charge in [0.15, 0.2) is 11.5 Å². The van der Waals surface area contributed by atoms with Crippen LogP contribution in [0, 0.1) is 0 Å². The zero-order valence-corrected chi connectivity index (χ0v) is 14.8. The van der Waals surface area contributed by atoms with Crippen molar-refractivity contribution in [2.24, 2.45) is 0 Å². The van der Waals surface area contributed by atoms with Crippen LogP contribution in [-0.4, -0.2) is 31.6 Å². The van der Waals surface area contributed by atoms with E-state index in [2.05, 4.69) is 4.98 Å². The number of rotatable bonds is 5. The number of benzene rings is 2. The van der Waals surface area contributed by atoms with E-state index in [-0.39, 0.29) is 0 Å². The van der Waals surface area contributed by atoms with Gasteiger partial charge in [0.25, 0.3) is 5.24 Å².